The Labute approximate surface area is 119 Å². The molecule has 0 saturated carbocycles. The molecule has 114 valence electrons. The predicted molar refractivity (Wildman–Crippen MR) is 80.7 cm³/mol. The highest BCUT2D eigenvalue weighted by atomic mass is 32.2. The van der Waals surface area contributed by atoms with Crippen LogP contribution in [0.5, 0.6) is 0 Å². The topological polar surface area (TPSA) is 49.4 Å². The summed E-state index contributed by atoms with van der Waals surface area (Å²) in [4.78, 5) is 0. The minimum absolute atomic E-state index is 0.310. The third-order valence-electron chi connectivity index (χ3n) is 4.25. The van der Waals surface area contributed by atoms with E-state index in [1.807, 2.05) is 0 Å². The summed E-state index contributed by atoms with van der Waals surface area (Å²) >= 11 is 0. The number of nitrogens with one attached hydrogen (secondary N) is 1. The third kappa shape index (κ3) is 5.40. The van der Waals surface area contributed by atoms with Gasteiger partial charge in [0.25, 0.3) is 0 Å². The molecule has 4 nitrogen and oxygen atoms in total. The molecule has 0 radical (unpaired) electrons. The van der Waals surface area contributed by atoms with Crippen LogP contribution in [0.25, 0.3) is 0 Å². The maximum atomic E-state index is 12.3. The van der Waals surface area contributed by atoms with Crippen molar-refractivity contribution in [1.29, 1.82) is 0 Å². The van der Waals surface area contributed by atoms with Crippen molar-refractivity contribution in [1.82, 2.24) is 9.62 Å². The lowest BCUT2D eigenvalue weighted by Gasteiger charge is -2.32. The zero-order chi connectivity index (χ0) is 14.3. The second-order valence-corrected chi connectivity index (χ2v) is 7.62. The van der Waals surface area contributed by atoms with E-state index in [1.165, 1.54) is 0 Å². The number of nitrogens with zero attached hydrogens (tertiary/aromatic N) is 1. The maximum absolute atomic E-state index is 12.3. The Hall–Kier alpha value is -0.130. The molecule has 1 rings (SSSR count). The average molecular weight is 290 g/mol. The van der Waals surface area contributed by atoms with E-state index < -0.39 is 10.0 Å². The number of sulfonamides is 1. The summed E-state index contributed by atoms with van der Waals surface area (Å²) < 4.78 is 26.4. The summed E-state index contributed by atoms with van der Waals surface area (Å²) in [5, 5.41) is 3.35. The molecule has 1 aliphatic rings. The first kappa shape index (κ1) is 16.9. The van der Waals surface area contributed by atoms with E-state index in [4.69, 9.17) is 0 Å². The predicted octanol–water partition coefficient (Wildman–Crippen LogP) is 2.07. The van der Waals surface area contributed by atoms with Crippen LogP contribution in [-0.2, 0) is 10.0 Å². The van der Waals surface area contributed by atoms with Gasteiger partial charge in [-0.15, -0.1) is 0 Å². The molecule has 0 aromatic carbocycles. The fourth-order valence-corrected chi connectivity index (χ4v) is 4.71. The van der Waals surface area contributed by atoms with Crippen LogP contribution < -0.4 is 5.32 Å². The van der Waals surface area contributed by atoms with Crippen LogP contribution in [0.1, 0.15) is 46.5 Å². The molecule has 1 heterocycles. The molecule has 0 unspecified atom stereocenters. The van der Waals surface area contributed by atoms with Gasteiger partial charge in [0.15, 0.2) is 0 Å². The number of rotatable bonds is 8. The van der Waals surface area contributed by atoms with E-state index in [9.17, 15) is 8.42 Å². The summed E-state index contributed by atoms with van der Waals surface area (Å²) in [7, 11) is -3.04. The fourth-order valence-electron chi connectivity index (χ4n) is 2.67. The van der Waals surface area contributed by atoms with E-state index in [0.717, 1.165) is 38.8 Å². The van der Waals surface area contributed by atoms with Gasteiger partial charge < -0.3 is 5.32 Å². The lowest BCUT2D eigenvalue weighted by molar-refractivity contribution is 0.267. The highest BCUT2D eigenvalue weighted by Gasteiger charge is 2.29. The standard InChI is InChI=1S/C14H30N2O2S/c1-4-13(5-2)12-19(17,18)16-9-7-14(8-10-16)11-15-6-3/h13-15H,4-12H2,1-3H3. The van der Waals surface area contributed by atoms with Crippen molar-refractivity contribution in [2.24, 2.45) is 11.8 Å². The van der Waals surface area contributed by atoms with Gasteiger partial charge in [0, 0.05) is 13.1 Å². The SMILES string of the molecule is CCNCC1CCN(S(=O)(=O)CC(CC)CC)CC1. The highest BCUT2D eigenvalue weighted by molar-refractivity contribution is 7.89. The van der Waals surface area contributed by atoms with Crippen LogP contribution in [0.3, 0.4) is 0 Å². The van der Waals surface area contributed by atoms with Crippen molar-refractivity contribution in [2.45, 2.75) is 46.5 Å². The van der Waals surface area contributed by atoms with Gasteiger partial charge in [0.2, 0.25) is 10.0 Å². The first-order valence-electron chi connectivity index (χ1n) is 7.71. The minimum Gasteiger partial charge on any atom is -0.317 e. The highest BCUT2D eigenvalue weighted by Crippen LogP contribution is 2.21. The largest absolute Gasteiger partial charge is 0.317 e. The Balaban J connectivity index is 2.45. The molecule has 0 amide bonds. The molecule has 0 bridgehead atoms. The molecular formula is C14H30N2O2S. The van der Waals surface area contributed by atoms with E-state index in [1.54, 1.807) is 4.31 Å². The van der Waals surface area contributed by atoms with Gasteiger partial charge in [-0.1, -0.05) is 33.6 Å². The van der Waals surface area contributed by atoms with Crippen LogP contribution >= 0.6 is 0 Å². The molecule has 0 aromatic heterocycles. The van der Waals surface area contributed by atoms with Gasteiger partial charge in [0.1, 0.15) is 0 Å². The normalized spacial score (nSPS) is 19.2. The monoisotopic (exact) mass is 290 g/mol. The smallest absolute Gasteiger partial charge is 0.214 e. The lowest BCUT2D eigenvalue weighted by atomic mass is 9.98. The quantitative estimate of drug-likeness (QED) is 0.744. The lowest BCUT2D eigenvalue weighted by Crippen LogP contribution is -2.42. The van der Waals surface area contributed by atoms with Gasteiger partial charge in [0.05, 0.1) is 5.75 Å². The molecule has 0 atom stereocenters. The molecule has 0 aromatic rings. The Kier molecular flexibility index (Phi) is 7.32. The van der Waals surface area contributed by atoms with Crippen LogP contribution in [0.2, 0.25) is 0 Å². The summed E-state index contributed by atoms with van der Waals surface area (Å²) in [6, 6.07) is 0. The van der Waals surface area contributed by atoms with Crippen molar-refractivity contribution < 1.29 is 8.42 Å². The van der Waals surface area contributed by atoms with E-state index in [-0.39, 0.29) is 0 Å². The van der Waals surface area contributed by atoms with Gasteiger partial charge in [-0.05, 0) is 37.8 Å². The summed E-state index contributed by atoms with van der Waals surface area (Å²) in [5.74, 6) is 1.28. The van der Waals surface area contributed by atoms with Crippen molar-refractivity contribution in [3.63, 3.8) is 0 Å². The second kappa shape index (κ2) is 8.22. The molecule has 19 heavy (non-hydrogen) atoms. The minimum atomic E-state index is -3.04. The van der Waals surface area contributed by atoms with Crippen LogP contribution in [0, 0.1) is 11.8 Å². The Morgan fingerprint density at radius 2 is 1.74 bits per heavy atom. The first-order valence-corrected chi connectivity index (χ1v) is 9.32. The maximum Gasteiger partial charge on any atom is 0.214 e. The van der Waals surface area contributed by atoms with Gasteiger partial charge in [-0.2, -0.15) is 0 Å². The average Bonchev–Trinajstić information content (AvgIpc) is 2.43. The van der Waals surface area contributed by atoms with Crippen molar-refractivity contribution in [3.05, 3.63) is 0 Å². The Morgan fingerprint density at radius 1 is 1.16 bits per heavy atom. The van der Waals surface area contributed by atoms with Crippen LogP contribution in [-0.4, -0.2) is 44.7 Å². The second-order valence-electron chi connectivity index (χ2n) is 5.61. The van der Waals surface area contributed by atoms with Crippen LogP contribution in [0.4, 0.5) is 0 Å². The number of piperidine rings is 1. The molecule has 0 spiro atoms. The Morgan fingerprint density at radius 3 is 2.21 bits per heavy atom. The molecule has 1 saturated heterocycles. The molecule has 0 aliphatic carbocycles. The number of hydrogen-bond acceptors (Lipinski definition) is 3. The Bertz CT molecular complexity index is 331. The third-order valence-corrected chi connectivity index (χ3v) is 6.30. The summed E-state index contributed by atoms with van der Waals surface area (Å²) in [5.41, 5.74) is 0. The van der Waals surface area contributed by atoms with E-state index in [0.29, 0.717) is 30.7 Å². The van der Waals surface area contributed by atoms with Gasteiger partial charge >= 0.3 is 0 Å². The zero-order valence-electron chi connectivity index (χ0n) is 12.7. The van der Waals surface area contributed by atoms with E-state index in [2.05, 4.69) is 26.1 Å². The summed E-state index contributed by atoms with van der Waals surface area (Å²) in [6.45, 7) is 9.69. The van der Waals surface area contributed by atoms with Crippen molar-refractivity contribution >= 4 is 10.0 Å². The molecule has 5 heteroatoms. The van der Waals surface area contributed by atoms with Crippen LogP contribution in [0.15, 0.2) is 0 Å². The van der Waals surface area contributed by atoms with Gasteiger partial charge in [-0.3, -0.25) is 0 Å². The zero-order valence-corrected chi connectivity index (χ0v) is 13.5. The fraction of sp³-hybridized carbons (Fsp3) is 1.00. The number of hydrogen-bond donors (Lipinski definition) is 1. The molecular weight excluding hydrogens is 260 g/mol. The molecule has 1 aliphatic heterocycles. The van der Waals surface area contributed by atoms with Crippen molar-refractivity contribution in [2.75, 3.05) is 31.9 Å². The molecule has 1 N–H and O–H groups in total. The van der Waals surface area contributed by atoms with Gasteiger partial charge in [-0.25, -0.2) is 12.7 Å². The van der Waals surface area contributed by atoms with Crippen molar-refractivity contribution in [3.8, 4) is 0 Å². The first-order chi connectivity index (χ1) is 9.03. The summed E-state index contributed by atoms with van der Waals surface area (Å²) in [6.07, 6.45) is 3.89. The van der Waals surface area contributed by atoms with E-state index >= 15 is 0 Å². The molecule has 1 fully saturated rings.